The van der Waals surface area contributed by atoms with E-state index >= 15 is 0 Å². The molecule has 0 fully saturated rings. The van der Waals surface area contributed by atoms with Gasteiger partial charge in [-0.05, 0) is 13.8 Å². The van der Waals surface area contributed by atoms with Crippen LogP contribution in [0.2, 0.25) is 0 Å². The summed E-state index contributed by atoms with van der Waals surface area (Å²) in [5.41, 5.74) is 0. The summed E-state index contributed by atoms with van der Waals surface area (Å²) in [6.07, 6.45) is 7.69. The molecule has 0 aromatic rings. The minimum absolute atomic E-state index is 0.167. The molecule has 1 nitrogen and oxygen atoms in total. The zero-order valence-electron chi connectivity index (χ0n) is 6.35. The molecule has 1 aliphatic carbocycles. The molecule has 10 heavy (non-hydrogen) atoms. The summed E-state index contributed by atoms with van der Waals surface area (Å²) in [5.74, 6) is 0.167. The molecule has 2 heteroatoms. The summed E-state index contributed by atoms with van der Waals surface area (Å²) < 4.78 is 1.56. The van der Waals surface area contributed by atoms with Gasteiger partial charge in [0.1, 0.15) is 5.78 Å². The Hall–Kier alpha value is 0.0331. The van der Waals surface area contributed by atoms with Gasteiger partial charge in [0.05, 0.1) is 0 Å². The molecular weight excluding hydrogens is 203 g/mol. The van der Waals surface area contributed by atoms with E-state index in [1.165, 1.54) is 20.3 Å². The third-order valence-electron chi connectivity index (χ3n) is 0.771. The summed E-state index contributed by atoms with van der Waals surface area (Å²) >= 11 is 1.56. The van der Waals surface area contributed by atoms with Crippen molar-refractivity contribution in [3.63, 3.8) is 0 Å². The van der Waals surface area contributed by atoms with E-state index in [1.54, 1.807) is 28.0 Å². The molecule has 0 spiro atoms. The van der Waals surface area contributed by atoms with Gasteiger partial charge in [0.25, 0.3) is 0 Å². The molecule has 0 unspecified atom stereocenters. The van der Waals surface area contributed by atoms with Gasteiger partial charge in [-0.15, -0.1) is 0 Å². The number of hydrogen-bond donors (Lipinski definition) is 0. The first kappa shape index (κ1) is 10.0. The fraction of sp³-hybridized carbons (Fsp3) is 0.375. The van der Waals surface area contributed by atoms with E-state index < -0.39 is 0 Å². The molecule has 0 atom stereocenters. The van der Waals surface area contributed by atoms with E-state index in [9.17, 15) is 4.79 Å². The first-order valence-corrected chi connectivity index (χ1v) is 4.40. The van der Waals surface area contributed by atoms with Crippen molar-refractivity contribution in [2.75, 3.05) is 0 Å². The maximum atomic E-state index is 9.44. The van der Waals surface area contributed by atoms with Gasteiger partial charge in [-0.2, -0.15) is 0 Å². The van der Waals surface area contributed by atoms with Gasteiger partial charge in [-0.3, -0.25) is 0 Å². The number of rotatable bonds is 0. The Morgan fingerprint density at radius 3 is 2.20 bits per heavy atom. The Balaban J connectivity index is 0.000000180. The second-order valence-electron chi connectivity index (χ2n) is 2.23. The predicted molar refractivity (Wildman–Crippen MR) is 38.2 cm³/mol. The van der Waals surface area contributed by atoms with Crippen molar-refractivity contribution in [2.24, 2.45) is 0 Å². The topological polar surface area (TPSA) is 17.1 Å². The van der Waals surface area contributed by atoms with E-state index in [1.807, 2.05) is 0 Å². The molecular formula is C8H11OZr. The van der Waals surface area contributed by atoms with E-state index in [-0.39, 0.29) is 5.78 Å². The van der Waals surface area contributed by atoms with E-state index in [0.29, 0.717) is 0 Å². The zero-order valence-corrected chi connectivity index (χ0v) is 8.81. The first-order chi connectivity index (χ1) is 4.63. The fourth-order valence-corrected chi connectivity index (χ4v) is 0.973. The number of Topliss-reactive ketones (excluding diaryl/α,β-unsaturated/α-hetero) is 1. The average molecular weight is 214 g/mol. The molecule has 53 valence electrons. The predicted octanol–water partition coefficient (Wildman–Crippen LogP) is 1.97. The Morgan fingerprint density at radius 2 is 2.10 bits per heavy atom. The minimum atomic E-state index is 0.167. The van der Waals surface area contributed by atoms with Crippen LogP contribution in [-0.2, 0) is 29.5 Å². The van der Waals surface area contributed by atoms with Crippen molar-refractivity contribution in [3.05, 3.63) is 21.5 Å². The van der Waals surface area contributed by atoms with Crippen LogP contribution in [0.15, 0.2) is 21.5 Å². The molecule has 0 radical (unpaired) electrons. The van der Waals surface area contributed by atoms with E-state index in [4.69, 9.17) is 0 Å². The van der Waals surface area contributed by atoms with Crippen LogP contribution in [0.5, 0.6) is 0 Å². The summed E-state index contributed by atoms with van der Waals surface area (Å²) in [6.45, 7) is 3.06. The van der Waals surface area contributed by atoms with Crippen LogP contribution in [0.1, 0.15) is 20.3 Å². The normalized spacial score (nSPS) is 13.5. The third-order valence-corrected chi connectivity index (χ3v) is 1.68. The molecule has 0 bridgehead atoms. The van der Waals surface area contributed by atoms with Gasteiger partial charge < -0.3 is 4.79 Å². The number of carbonyl (C=O) groups excluding carboxylic acids is 1. The zero-order chi connectivity index (χ0) is 7.98. The van der Waals surface area contributed by atoms with Gasteiger partial charge in [-0.1, -0.05) is 0 Å². The number of ketones is 1. The third kappa shape index (κ3) is 8.03. The quantitative estimate of drug-likeness (QED) is 0.602. The van der Waals surface area contributed by atoms with Crippen molar-refractivity contribution in [3.8, 4) is 0 Å². The van der Waals surface area contributed by atoms with Crippen molar-refractivity contribution in [2.45, 2.75) is 20.3 Å². The van der Waals surface area contributed by atoms with Crippen LogP contribution in [0.25, 0.3) is 0 Å². The molecule has 0 aromatic carbocycles. The van der Waals surface area contributed by atoms with Crippen LogP contribution in [-0.4, -0.2) is 5.78 Å². The second kappa shape index (κ2) is 5.79. The van der Waals surface area contributed by atoms with Crippen LogP contribution in [0, 0.1) is 0 Å². The van der Waals surface area contributed by atoms with Crippen LogP contribution in [0.3, 0.4) is 0 Å². The molecule has 0 aliphatic heterocycles. The van der Waals surface area contributed by atoms with Crippen molar-refractivity contribution in [1.82, 2.24) is 0 Å². The molecule has 0 aromatic heterocycles. The molecule has 0 heterocycles. The van der Waals surface area contributed by atoms with Crippen molar-refractivity contribution in [1.29, 1.82) is 0 Å². The number of allylic oxidation sites excluding steroid dienone is 4. The van der Waals surface area contributed by atoms with Crippen molar-refractivity contribution >= 4 is 5.78 Å². The second-order valence-corrected chi connectivity index (χ2v) is 3.81. The molecule has 0 N–H and O–H groups in total. The van der Waals surface area contributed by atoms with E-state index in [2.05, 4.69) is 18.2 Å². The average Bonchev–Trinajstić information content (AvgIpc) is 2.15. The van der Waals surface area contributed by atoms with E-state index in [0.717, 1.165) is 0 Å². The summed E-state index contributed by atoms with van der Waals surface area (Å²) in [7, 11) is 0. The van der Waals surface area contributed by atoms with Crippen LogP contribution < -0.4 is 0 Å². The monoisotopic (exact) mass is 213 g/mol. The molecule has 1 aliphatic rings. The van der Waals surface area contributed by atoms with Gasteiger partial charge in [0, 0.05) is 0 Å². The maximum absolute atomic E-state index is 9.44. The first-order valence-electron chi connectivity index (χ1n) is 3.17. The fourth-order valence-electron chi connectivity index (χ4n) is 0.447. The standard InChI is InChI=1S/C5H5.C3H6O.Zr/c1-2-4-5-3-1;1-3(2)4;/h1-3H,4H2;1-2H3;. The Kier molecular flexibility index (Phi) is 5.81. The summed E-state index contributed by atoms with van der Waals surface area (Å²) in [5, 5.41) is 0. The summed E-state index contributed by atoms with van der Waals surface area (Å²) in [6, 6.07) is 0. The molecule has 0 amide bonds. The molecule has 0 saturated heterocycles. The van der Waals surface area contributed by atoms with Gasteiger partial charge in [0.15, 0.2) is 0 Å². The van der Waals surface area contributed by atoms with Gasteiger partial charge in [0.2, 0.25) is 0 Å². The number of hydrogen-bond acceptors (Lipinski definition) is 1. The Labute approximate surface area is 77.0 Å². The Morgan fingerprint density at radius 1 is 1.60 bits per heavy atom. The number of carbonyl (C=O) groups is 1. The van der Waals surface area contributed by atoms with Gasteiger partial charge in [-0.25, -0.2) is 0 Å². The van der Waals surface area contributed by atoms with Crippen LogP contribution in [0.4, 0.5) is 0 Å². The summed E-state index contributed by atoms with van der Waals surface area (Å²) in [4.78, 5) is 9.44. The van der Waals surface area contributed by atoms with Crippen LogP contribution >= 0.6 is 0 Å². The Bertz CT molecular complexity index is 164. The van der Waals surface area contributed by atoms with Crippen molar-refractivity contribution < 1.29 is 29.5 Å². The SMILES string of the molecule is CC(C)=O.[Zr][C]1=CC=CC1. The molecule has 0 saturated carbocycles. The van der Waals surface area contributed by atoms with Gasteiger partial charge >= 0.3 is 52.6 Å². The molecule has 1 rings (SSSR count).